The second kappa shape index (κ2) is 2.98. The van der Waals surface area contributed by atoms with Gasteiger partial charge in [-0.3, -0.25) is 4.79 Å². The highest BCUT2D eigenvalue weighted by Gasteiger charge is 2.55. The van der Waals surface area contributed by atoms with Crippen molar-refractivity contribution < 1.29 is 9.90 Å². The van der Waals surface area contributed by atoms with Crippen LogP contribution in [0.15, 0.2) is 0 Å². The fourth-order valence-corrected chi connectivity index (χ4v) is 3.41. The number of carboxylic acids is 1. The van der Waals surface area contributed by atoms with Crippen molar-refractivity contribution in [2.24, 2.45) is 23.0 Å². The van der Waals surface area contributed by atoms with Gasteiger partial charge in [0, 0.05) is 0 Å². The molecular weight excluding hydrogens is 166 g/mol. The van der Waals surface area contributed by atoms with Crippen LogP contribution >= 0.6 is 0 Å². The van der Waals surface area contributed by atoms with Gasteiger partial charge in [-0.15, -0.1) is 0 Å². The second-order valence-electron chi connectivity index (χ2n) is 4.64. The molecule has 0 aromatic heterocycles. The topological polar surface area (TPSA) is 63.3 Å². The fraction of sp³-hybridized carbons (Fsp3) is 0.900. The lowest BCUT2D eigenvalue weighted by molar-refractivity contribution is -0.145. The van der Waals surface area contributed by atoms with Gasteiger partial charge in [-0.1, -0.05) is 12.8 Å². The summed E-state index contributed by atoms with van der Waals surface area (Å²) in [6, 6.07) is 0. The summed E-state index contributed by atoms with van der Waals surface area (Å²) in [4.78, 5) is 10.7. The van der Waals surface area contributed by atoms with E-state index in [2.05, 4.69) is 0 Å². The molecule has 0 heterocycles. The second-order valence-corrected chi connectivity index (χ2v) is 4.64. The van der Waals surface area contributed by atoms with Gasteiger partial charge in [-0.05, 0) is 36.6 Å². The van der Waals surface area contributed by atoms with E-state index in [0.717, 1.165) is 12.3 Å². The first-order valence-electron chi connectivity index (χ1n) is 5.10. The molecule has 3 nitrogen and oxygen atoms in total. The van der Waals surface area contributed by atoms with Gasteiger partial charge in [0.1, 0.15) is 0 Å². The molecule has 2 rings (SSSR count). The number of hydrogen-bond acceptors (Lipinski definition) is 2. The van der Waals surface area contributed by atoms with Gasteiger partial charge in [0.15, 0.2) is 0 Å². The minimum atomic E-state index is -0.684. The summed E-state index contributed by atoms with van der Waals surface area (Å²) in [5.74, 6) is 0.729. The van der Waals surface area contributed by atoms with E-state index in [1.165, 1.54) is 19.3 Å². The summed E-state index contributed by atoms with van der Waals surface area (Å²) < 4.78 is 0. The summed E-state index contributed by atoms with van der Waals surface area (Å²) in [6.45, 7) is 0.556. The maximum Gasteiger partial charge on any atom is 0.303 e. The molecule has 3 atom stereocenters. The van der Waals surface area contributed by atoms with Crippen molar-refractivity contribution in [1.29, 1.82) is 0 Å². The Bertz CT molecular complexity index is 229. The molecule has 3 N–H and O–H groups in total. The van der Waals surface area contributed by atoms with E-state index in [1.54, 1.807) is 0 Å². The third kappa shape index (κ3) is 1.26. The van der Waals surface area contributed by atoms with Crippen molar-refractivity contribution in [3.63, 3.8) is 0 Å². The number of aliphatic carboxylic acids is 1. The molecule has 2 aliphatic rings. The number of hydrogen-bond donors (Lipinski definition) is 2. The molecule has 0 aromatic carbocycles. The average Bonchev–Trinajstić information content (AvgIpc) is 2.43. The molecule has 0 unspecified atom stereocenters. The molecule has 0 spiro atoms. The van der Waals surface area contributed by atoms with Crippen molar-refractivity contribution in [3.05, 3.63) is 0 Å². The highest BCUT2D eigenvalue weighted by molar-refractivity contribution is 5.68. The first-order valence-corrected chi connectivity index (χ1v) is 5.10. The SMILES string of the molecule is NC[C@@]1(CC(=O)O)C[C@@H]2CCC[C@@H]21. The Morgan fingerprint density at radius 2 is 2.31 bits per heavy atom. The van der Waals surface area contributed by atoms with E-state index in [4.69, 9.17) is 10.8 Å². The first kappa shape index (κ1) is 9.00. The van der Waals surface area contributed by atoms with Gasteiger partial charge in [0.2, 0.25) is 0 Å². The largest absolute Gasteiger partial charge is 0.481 e. The summed E-state index contributed by atoms with van der Waals surface area (Å²) >= 11 is 0. The van der Waals surface area contributed by atoms with Crippen LogP contribution in [0.1, 0.15) is 32.1 Å². The van der Waals surface area contributed by atoms with Crippen LogP contribution in [-0.4, -0.2) is 17.6 Å². The summed E-state index contributed by atoms with van der Waals surface area (Å²) in [5.41, 5.74) is 5.68. The van der Waals surface area contributed by atoms with Crippen molar-refractivity contribution in [3.8, 4) is 0 Å². The molecule has 2 aliphatic carbocycles. The van der Waals surface area contributed by atoms with Crippen LogP contribution in [0.2, 0.25) is 0 Å². The number of nitrogens with two attached hydrogens (primary N) is 1. The molecule has 0 aromatic rings. The molecule has 2 saturated carbocycles. The molecule has 2 fully saturated rings. The highest BCUT2D eigenvalue weighted by Crippen LogP contribution is 2.60. The predicted octanol–water partition coefficient (Wildman–Crippen LogP) is 1.23. The number of fused-ring (bicyclic) bond motifs is 1. The lowest BCUT2D eigenvalue weighted by Gasteiger charge is -2.51. The standard InChI is InChI=1S/C10H17NO2/c11-6-10(5-9(12)13)4-7-2-1-3-8(7)10/h7-8H,1-6,11H2,(H,12,13)/t7-,8-,10-/m0/s1. The van der Waals surface area contributed by atoms with Gasteiger partial charge >= 0.3 is 5.97 Å². The molecular formula is C10H17NO2. The zero-order valence-corrected chi connectivity index (χ0v) is 7.83. The van der Waals surface area contributed by atoms with Gasteiger partial charge in [-0.25, -0.2) is 0 Å². The lowest BCUT2D eigenvalue weighted by atomic mass is 9.53. The summed E-state index contributed by atoms with van der Waals surface area (Å²) in [7, 11) is 0. The van der Waals surface area contributed by atoms with Crippen LogP contribution in [0.25, 0.3) is 0 Å². The minimum absolute atomic E-state index is 0.0347. The summed E-state index contributed by atoms with van der Waals surface area (Å²) in [5, 5.41) is 8.81. The van der Waals surface area contributed by atoms with E-state index in [9.17, 15) is 4.79 Å². The first-order chi connectivity index (χ1) is 6.18. The summed E-state index contributed by atoms with van der Waals surface area (Å²) in [6.07, 6.45) is 5.11. The van der Waals surface area contributed by atoms with Crippen molar-refractivity contribution in [1.82, 2.24) is 0 Å². The van der Waals surface area contributed by atoms with Crippen LogP contribution in [-0.2, 0) is 4.79 Å². The molecule has 74 valence electrons. The maximum absolute atomic E-state index is 10.7. The fourth-order valence-electron chi connectivity index (χ4n) is 3.41. The van der Waals surface area contributed by atoms with Gasteiger partial charge in [0.05, 0.1) is 6.42 Å². The lowest BCUT2D eigenvalue weighted by Crippen LogP contribution is -2.51. The van der Waals surface area contributed by atoms with Gasteiger partial charge < -0.3 is 10.8 Å². The third-order valence-corrected chi connectivity index (χ3v) is 4.02. The Labute approximate surface area is 78.3 Å². The quantitative estimate of drug-likeness (QED) is 0.691. The van der Waals surface area contributed by atoms with E-state index < -0.39 is 5.97 Å². The minimum Gasteiger partial charge on any atom is -0.481 e. The zero-order chi connectivity index (χ0) is 9.47. The van der Waals surface area contributed by atoms with E-state index in [1.807, 2.05) is 0 Å². The van der Waals surface area contributed by atoms with Crippen LogP contribution in [0.3, 0.4) is 0 Å². The Kier molecular flexibility index (Phi) is 2.06. The predicted molar refractivity (Wildman–Crippen MR) is 49.2 cm³/mol. The molecule has 0 amide bonds. The Morgan fingerprint density at radius 1 is 1.54 bits per heavy atom. The van der Waals surface area contributed by atoms with Crippen molar-refractivity contribution in [2.75, 3.05) is 6.54 Å². The van der Waals surface area contributed by atoms with Crippen LogP contribution in [0.5, 0.6) is 0 Å². The number of carboxylic acid groups (broad SMARTS) is 1. The normalized spacial score (nSPS) is 42.5. The van der Waals surface area contributed by atoms with Gasteiger partial charge in [-0.2, -0.15) is 0 Å². The molecule has 0 saturated heterocycles. The number of rotatable bonds is 3. The Morgan fingerprint density at radius 3 is 2.85 bits per heavy atom. The molecule has 3 heteroatoms. The molecule has 0 aliphatic heterocycles. The van der Waals surface area contributed by atoms with E-state index >= 15 is 0 Å². The Balaban J connectivity index is 2.05. The third-order valence-electron chi connectivity index (χ3n) is 4.02. The monoisotopic (exact) mass is 183 g/mol. The van der Waals surface area contributed by atoms with Crippen LogP contribution in [0, 0.1) is 17.3 Å². The average molecular weight is 183 g/mol. The zero-order valence-electron chi connectivity index (χ0n) is 7.83. The van der Waals surface area contributed by atoms with Crippen LogP contribution in [0.4, 0.5) is 0 Å². The highest BCUT2D eigenvalue weighted by atomic mass is 16.4. The van der Waals surface area contributed by atoms with Crippen molar-refractivity contribution >= 4 is 5.97 Å². The Hall–Kier alpha value is -0.570. The molecule has 0 radical (unpaired) electrons. The van der Waals surface area contributed by atoms with Crippen molar-refractivity contribution in [2.45, 2.75) is 32.1 Å². The maximum atomic E-state index is 10.7. The molecule has 0 bridgehead atoms. The van der Waals surface area contributed by atoms with E-state index in [0.29, 0.717) is 12.5 Å². The van der Waals surface area contributed by atoms with Gasteiger partial charge in [0.25, 0.3) is 0 Å². The number of carbonyl (C=O) groups is 1. The smallest absolute Gasteiger partial charge is 0.303 e. The molecule has 13 heavy (non-hydrogen) atoms. The van der Waals surface area contributed by atoms with Crippen LogP contribution < -0.4 is 5.73 Å². The van der Waals surface area contributed by atoms with E-state index in [-0.39, 0.29) is 11.8 Å².